The number of thiol groups is 1. The first kappa shape index (κ1) is 5.48. The van der Waals surface area contributed by atoms with E-state index in [1.165, 1.54) is 24.3 Å². The first-order valence-corrected chi connectivity index (χ1v) is 4.74. The van der Waals surface area contributed by atoms with Gasteiger partial charge in [0.1, 0.15) is 0 Å². The predicted octanol–water partition coefficient (Wildman–Crippen LogP) is 1.81. The molecule has 0 atom stereocenters. The van der Waals surface area contributed by atoms with E-state index >= 15 is 0 Å². The standard InChI is InChI=1S/C6H10S2/c7-5-1-6(2-5)3-8-4-6/h5,7H,1-4H2. The first-order valence-electron chi connectivity index (χ1n) is 3.07. The van der Waals surface area contributed by atoms with E-state index in [2.05, 4.69) is 24.4 Å². The monoisotopic (exact) mass is 146 g/mol. The number of thioether (sulfide) groups is 1. The van der Waals surface area contributed by atoms with Gasteiger partial charge in [0, 0.05) is 5.25 Å². The number of hydrogen-bond acceptors (Lipinski definition) is 2. The molecule has 0 aromatic rings. The fourth-order valence-corrected chi connectivity index (χ4v) is 3.59. The van der Waals surface area contributed by atoms with Gasteiger partial charge in [-0.2, -0.15) is 24.4 Å². The SMILES string of the molecule is SC1CC2(CSC2)C1. The molecule has 1 saturated carbocycles. The van der Waals surface area contributed by atoms with E-state index in [-0.39, 0.29) is 0 Å². The molecule has 0 bridgehead atoms. The minimum absolute atomic E-state index is 0.746. The van der Waals surface area contributed by atoms with Crippen LogP contribution in [-0.2, 0) is 0 Å². The Kier molecular flexibility index (Phi) is 1.10. The highest BCUT2D eigenvalue weighted by molar-refractivity contribution is 8.00. The molecular formula is C6H10S2. The third-order valence-electron chi connectivity index (χ3n) is 2.15. The molecule has 0 amide bonds. The normalized spacial score (nSPS) is 34.1. The van der Waals surface area contributed by atoms with Crippen molar-refractivity contribution in [3.8, 4) is 0 Å². The minimum atomic E-state index is 0.746. The highest BCUT2D eigenvalue weighted by atomic mass is 32.2. The quantitative estimate of drug-likeness (QED) is 0.509. The van der Waals surface area contributed by atoms with E-state index in [0.29, 0.717) is 0 Å². The second-order valence-corrected chi connectivity index (χ2v) is 4.77. The van der Waals surface area contributed by atoms with E-state index in [4.69, 9.17) is 0 Å². The van der Waals surface area contributed by atoms with Crippen LogP contribution in [-0.4, -0.2) is 16.8 Å². The van der Waals surface area contributed by atoms with Crippen LogP contribution < -0.4 is 0 Å². The van der Waals surface area contributed by atoms with Crippen molar-refractivity contribution in [1.82, 2.24) is 0 Å². The zero-order valence-electron chi connectivity index (χ0n) is 4.76. The molecule has 0 nitrogen and oxygen atoms in total. The molecule has 2 heteroatoms. The van der Waals surface area contributed by atoms with Gasteiger partial charge in [0.25, 0.3) is 0 Å². The molecule has 0 radical (unpaired) electrons. The van der Waals surface area contributed by atoms with Gasteiger partial charge < -0.3 is 0 Å². The molecule has 1 saturated heterocycles. The lowest BCUT2D eigenvalue weighted by Gasteiger charge is -2.52. The van der Waals surface area contributed by atoms with Gasteiger partial charge in [0.15, 0.2) is 0 Å². The van der Waals surface area contributed by atoms with Crippen LogP contribution in [0.2, 0.25) is 0 Å². The lowest BCUT2D eigenvalue weighted by molar-refractivity contribution is 0.199. The Morgan fingerprint density at radius 3 is 2.12 bits per heavy atom. The summed E-state index contributed by atoms with van der Waals surface area (Å²) in [4.78, 5) is 0. The predicted molar refractivity (Wildman–Crippen MR) is 41.8 cm³/mol. The molecule has 2 aliphatic rings. The Bertz CT molecular complexity index is 99.1. The minimum Gasteiger partial charge on any atom is -0.176 e. The molecule has 0 unspecified atom stereocenters. The largest absolute Gasteiger partial charge is 0.176 e. The Morgan fingerprint density at radius 2 is 2.00 bits per heavy atom. The number of hydrogen-bond donors (Lipinski definition) is 1. The van der Waals surface area contributed by atoms with E-state index in [1.807, 2.05) is 0 Å². The highest BCUT2D eigenvalue weighted by Gasteiger charge is 2.47. The summed E-state index contributed by atoms with van der Waals surface area (Å²) in [6.45, 7) is 0. The van der Waals surface area contributed by atoms with Crippen LogP contribution in [0.5, 0.6) is 0 Å². The zero-order chi connectivity index (χ0) is 5.61. The van der Waals surface area contributed by atoms with Crippen LogP contribution in [0.4, 0.5) is 0 Å². The third-order valence-corrected chi connectivity index (χ3v) is 4.15. The van der Waals surface area contributed by atoms with Gasteiger partial charge in [-0.25, -0.2) is 0 Å². The van der Waals surface area contributed by atoms with Crippen molar-refractivity contribution < 1.29 is 0 Å². The summed E-state index contributed by atoms with van der Waals surface area (Å²) in [5, 5.41) is 0.746. The lowest BCUT2D eigenvalue weighted by Crippen LogP contribution is -2.48. The molecule has 0 aromatic heterocycles. The second-order valence-electron chi connectivity index (χ2n) is 3.05. The Morgan fingerprint density at radius 1 is 1.38 bits per heavy atom. The molecule has 2 rings (SSSR count). The molecule has 1 aliphatic carbocycles. The van der Waals surface area contributed by atoms with Crippen LogP contribution in [0.25, 0.3) is 0 Å². The van der Waals surface area contributed by atoms with Crippen molar-refractivity contribution in [2.24, 2.45) is 5.41 Å². The van der Waals surface area contributed by atoms with Crippen molar-refractivity contribution >= 4 is 24.4 Å². The summed E-state index contributed by atoms with van der Waals surface area (Å²) in [6, 6.07) is 0. The zero-order valence-corrected chi connectivity index (χ0v) is 6.47. The molecule has 2 fully saturated rings. The fourth-order valence-electron chi connectivity index (χ4n) is 1.57. The summed E-state index contributed by atoms with van der Waals surface area (Å²) in [5.74, 6) is 2.84. The van der Waals surface area contributed by atoms with Crippen LogP contribution in [0.3, 0.4) is 0 Å². The Balaban J connectivity index is 1.92. The van der Waals surface area contributed by atoms with Crippen molar-refractivity contribution in [3.63, 3.8) is 0 Å². The van der Waals surface area contributed by atoms with Crippen molar-refractivity contribution in [2.45, 2.75) is 18.1 Å². The summed E-state index contributed by atoms with van der Waals surface area (Å²) in [7, 11) is 0. The summed E-state index contributed by atoms with van der Waals surface area (Å²) < 4.78 is 0. The third kappa shape index (κ3) is 0.623. The Labute approximate surface area is 59.8 Å². The lowest BCUT2D eigenvalue weighted by atomic mass is 9.71. The van der Waals surface area contributed by atoms with Crippen LogP contribution in [0.1, 0.15) is 12.8 Å². The van der Waals surface area contributed by atoms with E-state index in [1.54, 1.807) is 0 Å². The maximum absolute atomic E-state index is 4.38. The molecule has 1 aliphatic heterocycles. The fraction of sp³-hybridized carbons (Fsp3) is 1.00. The highest BCUT2D eigenvalue weighted by Crippen LogP contribution is 2.54. The summed E-state index contributed by atoms with van der Waals surface area (Å²) in [5.41, 5.74) is 0.803. The topological polar surface area (TPSA) is 0 Å². The van der Waals surface area contributed by atoms with Crippen LogP contribution in [0, 0.1) is 5.41 Å². The van der Waals surface area contributed by atoms with Gasteiger partial charge in [-0.3, -0.25) is 0 Å². The number of rotatable bonds is 0. The van der Waals surface area contributed by atoms with Gasteiger partial charge in [-0.05, 0) is 29.8 Å². The van der Waals surface area contributed by atoms with Gasteiger partial charge >= 0.3 is 0 Å². The Hall–Kier alpha value is 0.700. The smallest absolute Gasteiger partial charge is 0.00285 e. The van der Waals surface area contributed by atoms with Gasteiger partial charge in [-0.15, -0.1) is 0 Å². The molecule has 1 heterocycles. The maximum atomic E-state index is 4.38. The van der Waals surface area contributed by atoms with Crippen molar-refractivity contribution in [1.29, 1.82) is 0 Å². The average molecular weight is 146 g/mol. The molecule has 46 valence electrons. The van der Waals surface area contributed by atoms with Crippen LogP contribution in [0.15, 0.2) is 0 Å². The molecular weight excluding hydrogens is 136 g/mol. The molecule has 0 aromatic carbocycles. The van der Waals surface area contributed by atoms with Gasteiger partial charge in [-0.1, -0.05) is 0 Å². The molecule has 0 N–H and O–H groups in total. The van der Waals surface area contributed by atoms with E-state index < -0.39 is 0 Å². The van der Waals surface area contributed by atoms with Crippen molar-refractivity contribution in [2.75, 3.05) is 11.5 Å². The average Bonchev–Trinajstić information content (AvgIpc) is 1.51. The second kappa shape index (κ2) is 1.60. The summed E-state index contributed by atoms with van der Waals surface area (Å²) >= 11 is 6.46. The molecule has 8 heavy (non-hydrogen) atoms. The van der Waals surface area contributed by atoms with Gasteiger partial charge in [0.2, 0.25) is 0 Å². The van der Waals surface area contributed by atoms with Crippen LogP contribution >= 0.6 is 24.4 Å². The summed E-state index contributed by atoms with van der Waals surface area (Å²) in [6.07, 6.45) is 2.78. The van der Waals surface area contributed by atoms with E-state index in [0.717, 1.165) is 10.7 Å². The van der Waals surface area contributed by atoms with Crippen molar-refractivity contribution in [3.05, 3.63) is 0 Å². The molecule has 1 spiro atoms. The first-order chi connectivity index (χ1) is 3.81. The van der Waals surface area contributed by atoms with E-state index in [9.17, 15) is 0 Å². The maximum Gasteiger partial charge on any atom is 0.00285 e. The van der Waals surface area contributed by atoms with Gasteiger partial charge in [0.05, 0.1) is 0 Å².